The first-order valence-corrected chi connectivity index (χ1v) is 9.17. The fraction of sp³-hybridized carbons (Fsp3) is 0.632. The molecule has 0 spiro atoms. The molecule has 2 N–H and O–H groups in total. The third kappa shape index (κ3) is 6.75. The molecule has 1 saturated carbocycles. The Morgan fingerprint density at radius 2 is 2.00 bits per heavy atom. The lowest BCUT2D eigenvalue weighted by Crippen LogP contribution is -2.39. The summed E-state index contributed by atoms with van der Waals surface area (Å²) in [6.45, 7) is 10.7. The SMILES string of the molecule is CCNC(=NCc1cccc(CN2CCOCC2)c1)NC1CC1C.I. The van der Waals surface area contributed by atoms with Gasteiger partial charge in [-0.05, 0) is 30.4 Å². The minimum atomic E-state index is 0. The van der Waals surface area contributed by atoms with E-state index in [1.54, 1.807) is 0 Å². The Hall–Kier alpha value is -0.860. The number of ether oxygens (including phenoxy) is 1. The van der Waals surface area contributed by atoms with E-state index in [1.165, 1.54) is 17.5 Å². The highest BCUT2D eigenvalue weighted by atomic mass is 127. The molecule has 1 heterocycles. The Bertz CT molecular complexity index is 560. The van der Waals surface area contributed by atoms with Crippen LogP contribution in [0, 0.1) is 5.92 Å². The average molecular weight is 458 g/mol. The van der Waals surface area contributed by atoms with Crippen molar-refractivity contribution in [3.63, 3.8) is 0 Å². The monoisotopic (exact) mass is 458 g/mol. The zero-order valence-electron chi connectivity index (χ0n) is 15.3. The van der Waals surface area contributed by atoms with E-state index < -0.39 is 0 Å². The topological polar surface area (TPSA) is 48.9 Å². The van der Waals surface area contributed by atoms with Crippen LogP contribution in [0.3, 0.4) is 0 Å². The van der Waals surface area contributed by atoms with Crippen molar-refractivity contribution in [2.45, 2.75) is 39.4 Å². The van der Waals surface area contributed by atoms with Gasteiger partial charge >= 0.3 is 0 Å². The highest BCUT2D eigenvalue weighted by Crippen LogP contribution is 2.28. The van der Waals surface area contributed by atoms with Crippen molar-refractivity contribution < 1.29 is 4.74 Å². The van der Waals surface area contributed by atoms with E-state index in [9.17, 15) is 0 Å². The van der Waals surface area contributed by atoms with Crippen LogP contribution in [0.15, 0.2) is 29.3 Å². The van der Waals surface area contributed by atoms with Crippen molar-refractivity contribution in [2.75, 3.05) is 32.8 Å². The van der Waals surface area contributed by atoms with Crippen molar-refractivity contribution in [3.8, 4) is 0 Å². The zero-order chi connectivity index (χ0) is 16.8. The molecule has 1 aliphatic heterocycles. The molecule has 1 aromatic carbocycles. The standard InChI is InChI=1S/C19H30N4O.HI/c1-3-20-19(22-18-11-15(18)2)21-13-16-5-4-6-17(12-16)14-23-7-9-24-10-8-23;/h4-6,12,15,18H,3,7-11,13-14H2,1-2H3,(H2,20,21,22);1H. The quantitative estimate of drug-likeness (QED) is 0.391. The second-order valence-electron chi connectivity index (χ2n) is 6.87. The van der Waals surface area contributed by atoms with Crippen LogP contribution in [0.1, 0.15) is 31.4 Å². The van der Waals surface area contributed by atoms with Crippen LogP contribution < -0.4 is 10.6 Å². The molecule has 0 amide bonds. The van der Waals surface area contributed by atoms with Crippen LogP contribution in [0.4, 0.5) is 0 Å². The van der Waals surface area contributed by atoms with Crippen molar-refractivity contribution in [1.82, 2.24) is 15.5 Å². The van der Waals surface area contributed by atoms with Gasteiger partial charge < -0.3 is 15.4 Å². The van der Waals surface area contributed by atoms with Crippen LogP contribution in [0.5, 0.6) is 0 Å². The maximum absolute atomic E-state index is 5.42. The predicted octanol–water partition coefficient (Wildman–Crippen LogP) is 2.60. The molecule has 1 aliphatic carbocycles. The number of hydrogen-bond acceptors (Lipinski definition) is 3. The van der Waals surface area contributed by atoms with Gasteiger partial charge in [0.25, 0.3) is 0 Å². The lowest BCUT2D eigenvalue weighted by molar-refractivity contribution is 0.0342. The van der Waals surface area contributed by atoms with E-state index in [4.69, 9.17) is 9.73 Å². The average Bonchev–Trinajstić information content (AvgIpc) is 3.29. The largest absolute Gasteiger partial charge is 0.379 e. The van der Waals surface area contributed by atoms with Gasteiger partial charge in [-0.3, -0.25) is 4.90 Å². The molecule has 2 atom stereocenters. The van der Waals surface area contributed by atoms with Crippen molar-refractivity contribution in [1.29, 1.82) is 0 Å². The van der Waals surface area contributed by atoms with E-state index >= 15 is 0 Å². The molecule has 5 nitrogen and oxygen atoms in total. The summed E-state index contributed by atoms with van der Waals surface area (Å²) in [5.74, 6) is 1.70. The van der Waals surface area contributed by atoms with Gasteiger partial charge in [0, 0.05) is 32.2 Å². The molecule has 1 aromatic rings. The Labute approximate surface area is 168 Å². The molecular weight excluding hydrogens is 427 g/mol. The van der Waals surface area contributed by atoms with E-state index in [0.717, 1.165) is 51.3 Å². The number of halogens is 1. The molecule has 2 unspecified atom stereocenters. The number of aliphatic imine (C=N–C) groups is 1. The van der Waals surface area contributed by atoms with E-state index in [1.807, 2.05) is 0 Å². The molecule has 0 radical (unpaired) electrons. The molecule has 2 fully saturated rings. The minimum Gasteiger partial charge on any atom is -0.379 e. The van der Waals surface area contributed by atoms with Gasteiger partial charge in [0.15, 0.2) is 5.96 Å². The van der Waals surface area contributed by atoms with Crippen molar-refractivity contribution in [2.24, 2.45) is 10.9 Å². The van der Waals surface area contributed by atoms with Gasteiger partial charge in [-0.1, -0.05) is 31.2 Å². The fourth-order valence-electron chi connectivity index (χ4n) is 3.03. The molecule has 0 bridgehead atoms. The van der Waals surface area contributed by atoms with Gasteiger partial charge in [0.2, 0.25) is 0 Å². The van der Waals surface area contributed by atoms with Gasteiger partial charge in [-0.25, -0.2) is 4.99 Å². The molecule has 140 valence electrons. The highest BCUT2D eigenvalue weighted by molar-refractivity contribution is 14.0. The first kappa shape index (κ1) is 20.5. The summed E-state index contributed by atoms with van der Waals surface area (Å²) in [4.78, 5) is 7.20. The number of guanidine groups is 1. The molecule has 1 saturated heterocycles. The molecule has 6 heteroatoms. The number of hydrogen-bond donors (Lipinski definition) is 2. The first-order chi connectivity index (χ1) is 11.7. The number of rotatable bonds is 6. The summed E-state index contributed by atoms with van der Waals surface area (Å²) in [6, 6.07) is 9.38. The van der Waals surface area contributed by atoms with Crippen molar-refractivity contribution in [3.05, 3.63) is 35.4 Å². The maximum Gasteiger partial charge on any atom is 0.191 e. The predicted molar refractivity (Wildman–Crippen MR) is 113 cm³/mol. The van der Waals surface area contributed by atoms with Gasteiger partial charge in [-0.15, -0.1) is 24.0 Å². The van der Waals surface area contributed by atoms with Crippen molar-refractivity contribution >= 4 is 29.9 Å². The van der Waals surface area contributed by atoms with Crippen LogP contribution >= 0.6 is 24.0 Å². The summed E-state index contributed by atoms with van der Waals surface area (Å²) in [7, 11) is 0. The lowest BCUT2D eigenvalue weighted by Gasteiger charge is -2.26. The Kier molecular flexibility index (Phi) is 8.45. The number of benzene rings is 1. The Morgan fingerprint density at radius 3 is 2.68 bits per heavy atom. The number of nitrogens with one attached hydrogen (secondary N) is 2. The van der Waals surface area contributed by atoms with Crippen LogP contribution in [-0.4, -0.2) is 49.7 Å². The zero-order valence-corrected chi connectivity index (χ0v) is 17.7. The highest BCUT2D eigenvalue weighted by Gasteiger charge is 2.33. The second-order valence-corrected chi connectivity index (χ2v) is 6.87. The van der Waals surface area contributed by atoms with Gasteiger partial charge in [0.1, 0.15) is 0 Å². The summed E-state index contributed by atoms with van der Waals surface area (Å²) in [5.41, 5.74) is 2.63. The maximum atomic E-state index is 5.42. The first-order valence-electron chi connectivity index (χ1n) is 9.17. The number of morpholine rings is 1. The van der Waals surface area contributed by atoms with E-state index in [0.29, 0.717) is 12.6 Å². The lowest BCUT2D eigenvalue weighted by atomic mass is 10.1. The molecule has 25 heavy (non-hydrogen) atoms. The van der Waals surface area contributed by atoms with E-state index in [-0.39, 0.29) is 24.0 Å². The molecule has 2 aliphatic rings. The Morgan fingerprint density at radius 1 is 1.28 bits per heavy atom. The molecular formula is C19H31IN4O. The van der Waals surface area contributed by atoms with Gasteiger partial charge in [0.05, 0.1) is 19.8 Å². The van der Waals surface area contributed by atoms with E-state index in [2.05, 4.69) is 53.6 Å². The minimum absolute atomic E-state index is 0. The summed E-state index contributed by atoms with van der Waals surface area (Å²) in [6.07, 6.45) is 1.25. The summed E-state index contributed by atoms with van der Waals surface area (Å²) < 4.78 is 5.42. The molecule has 3 rings (SSSR count). The number of nitrogens with zero attached hydrogens (tertiary/aromatic N) is 2. The third-order valence-corrected chi connectivity index (χ3v) is 4.70. The molecule has 0 aromatic heterocycles. The second kappa shape index (κ2) is 10.3. The normalized spacial score (nSPS) is 23.7. The third-order valence-electron chi connectivity index (χ3n) is 4.70. The van der Waals surface area contributed by atoms with Crippen LogP contribution in [-0.2, 0) is 17.8 Å². The van der Waals surface area contributed by atoms with Crippen LogP contribution in [0.2, 0.25) is 0 Å². The smallest absolute Gasteiger partial charge is 0.191 e. The van der Waals surface area contributed by atoms with Gasteiger partial charge in [-0.2, -0.15) is 0 Å². The fourth-order valence-corrected chi connectivity index (χ4v) is 3.03. The van der Waals surface area contributed by atoms with Crippen LogP contribution in [0.25, 0.3) is 0 Å². The summed E-state index contributed by atoms with van der Waals surface area (Å²) in [5, 5.41) is 6.85. The Balaban J connectivity index is 0.00000225. The summed E-state index contributed by atoms with van der Waals surface area (Å²) >= 11 is 0.